The summed E-state index contributed by atoms with van der Waals surface area (Å²) in [4.78, 5) is 10.3. The molecule has 1 rings (SSSR count). The fourth-order valence-electron chi connectivity index (χ4n) is 1.20. The van der Waals surface area contributed by atoms with E-state index in [1.165, 1.54) is 18.2 Å². The summed E-state index contributed by atoms with van der Waals surface area (Å²) >= 11 is 0. The zero-order valence-corrected chi connectivity index (χ0v) is 8.19. The maximum absolute atomic E-state index is 11.9. The summed E-state index contributed by atoms with van der Waals surface area (Å²) in [5.74, 6) is -1.82. The van der Waals surface area contributed by atoms with Gasteiger partial charge in [-0.2, -0.15) is 8.78 Å². The van der Waals surface area contributed by atoms with Crippen LogP contribution in [0.3, 0.4) is 0 Å². The lowest BCUT2D eigenvalue weighted by molar-refractivity contribution is -0.136. The average molecular weight is 232 g/mol. The van der Waals surface area contributed by atoms with Gasteiger partial charge in [-0.05, 0) is 18.1 Å². The first-order valence-corrected chi connectivity index (χ1v) is 4.48. The molecule has 2 N–H and O–H groups in total. The van der Waals surface area contributed by atoms with Crippen molar-refractivity contribution in [1.82, 2.24) is 0 Å². The Morgan fingerprint density at radius 3 is 2.69 bits per heavy atom. The number of halogens is 2. The van der Waals surface area contributed by atoms with Crippen molar-refractivity contribution in [2.75, 3.05) is 0 Å². The lowest BCUT2D eigenvalue weighted by Crippen LogP contribution is -2.03. The Kier molecular flexibility index (Phi) is 4.04. The number of aliphatic carboxylic acids is 1. The van der Waals surface area contributed by atoms with Crippen LogP contribution in [0, 0.1) is 0 Å². The first-order chi connectivity index (χ1) is 7.50. The predicted molar refractivity (Wildman–Crippen MR) is 50.7 cm³/mol. The van der Waals surface area contributed by atoms with Crippen molar-refractivity contribution >= 4 is 5.97 Å². The van der Waals surface area contributed by atoms with Crippen molar-refractivity contribution in [2.45, 2.75) is 19.5 Å². The second-order valence-corrected chi connectivity index (χ2v) is 3.04. The topological polar surface area (TPSA) is 66.8 Å². The summed E-state index contributed by atoms with van der Waals surface area (Å²) in [7, 11) is 0. The van der Waals surface area contributed by atoms with Crippen molar-refractivity contribution in [3.05, 3.63) is 23.8 Å². The maximum Gasteiger partial charge on any atom is 0.387 e. The molecule has 0 heterocycles. The number of rotatable bonds is 5. The van der Waals surface area contributed by atoms with Gasteiger partial charge in [-0.3, -0.25) is 4.79 Å². The van der Waals surface area contributed by atoms with Crippen LogP contribution in [0.4, 0.5) is 8.78 Å². The van der Waals surface area contributed by atoms with Crippen LogP contribution in [0.2, 0.25) is 0 Å². The lowest BCUT2D eigenvalue weighted by Gasteiger charge is -2.09. The van der Waals surface area contributed by atoms with Gasteiger partial charge in [0.25, 0.3) is 0 Å². The molecule has 0 fully saturated rings. The van der Waals surface area contributed by atoms with Gasteiger partial charge >= 0.3 is 12.6 Å². The number of carbonyl (C=O) groups is 1. The van der Waals surface area contributed by atoms with E-state index < -0.39 is 18.3 Å². The summed E-state index contributed by atoms with van der Waals surface area (Å²) in [5.41, 5.74) is 0.264. The number of hydrogen-bond donors (Lipinski definition) is 2. The van der Waals surface area contributed by atoms with Gasteiger partial charge in [0.15, 0.2) is 11.5 Å². The molecule has 0 atom stereocenters. The van der Waals surface area contributed by atoms with E-state index in [1.807, 2.05) is 0 Å². The SMILES string of the molecule is O=C(O)CCc1cccc(OC(F)F)c1O. The van der Waals surface area contributed by atoms with Crippen molar-refractivity contribution in [2.24, 2.45) is 0 Å². The quantitative estimate of drug-likeness (QED) is 0.814. The van der Waals surface area contributed by atoms with E-state index in [0.29, 0.717) is 0 Å². The van der Waals surface area contributed by atoms with Gasteiger partial charge in [0.1, 0.15) is 0 Å². The molecule has 0 aliphatic rings. The van der Waals surface area contributed by atoms with Crippen LogP contribution in [0.1, 0.15) is 12.0 Å². The van der Waals surface area contributed by atoms with Gasteiger partial charge in [-0.25, -0.2) is 0 Å². The van der Waals surface area contributed by atoms with E-state index in [2.05, 4.69) is 4.74 Å². The standard InChI is InChI=1S/C10H10F2O4/c11-10(12)16-7-3-1-2-6(9(7)15)4-5-8(13)14/h1-3,10,15H,4-5H2,(H,13,14). The van der Waals surface area contributed by atoms with Gasteiger partial charge in [0.05, 0.1) is 0 Å². The molecule has 0 radical (unpaired) electrons. The lowest BCUT2D eigenvalue weighted by atomic mass is 10.1. The van der Waals surface area contributed by atoms with E-state index in [4.69, 9.17) is 5.11 Å². The molecule has 0 saturated heterocycles. The molecule has 0 bridgehead atoms. The largest absolute Gasteiger partial charge is 0.504 e. The van der Waals surface area contributed by atoms with E-state index in [0.717, 1.165) is 0 Å². The van der Waals surface area contributed by atoms with Gasteiger partial charge < -0.3 is 14.9 Å². The van der Waals surface area contributed by atoms with Gasteiger partial charge in [0, 0.05) is 6.42 Å². The number of carboxylic acid groups (broad SMARTS) is 1. The summed E-state index contributed by atoms with van der Waals surface area (Å²) < 4.78 is 27.9. The minimum atomic E-state index is -3.03. The first-order valence-electron chi connectivity index (χ1n) is 4.48. The third-order valence-electron chi connectivity index (χ3n) is 1.91. The fraction of sp³-hybridized carbons (Fsp3) is 0.300. The Labute approximate surface area is 90.1 Å². The third kappa shape index (κ3) is 3.38. The van der Waals surface area contributed by atoms with E-state index in [1.54, 1.807) is 0 Å². The normalized spacial score (nSPS) is 10.4. The number of benzene rings is 1. The van der Waals surface area contributed by atoms with Crippen LogP contribution in [0.25, 0.3) is 0 Å². The molecule has 0 saturated carbocycles. The Hall–Kier alpha value is -1.85. The number of para-hydroxylation sites is 1. The molecule has 0 amide bonds. The molecular weight excluding hydrogens is 222 g/mol. The molecular formula is C10H10F2O4. The maximum atomic E-state index is 11.9. The highest BCUT2D eigenvalue weighted by Gasteiger charge is 2.12. The molecule has 0 unspecified atom stereocenters. The zero-order chi connectivity index (χ0) is 12.1. The highest BCUT2D eigenvalue weighted by Crippen LogP contribution is 2.31. The molecule has 4 nitrogen and oxygen atoms in total. The Morgan fingerprint density at radius 2 is 2.12 bits per heavy atom. The predicted octanol–water partition coefficient (Wildman–Crippen LogP) is 2.01. The van der Waals surface area contributed by atoms with Crippen LogP contribution in [-0.4, -0.2) is 22.8 Å². The summed E-state index contributed by atoms with van der Waals surface area (Å²) in [6.45, 7) is -3.03. The summed E-state index contributed by atoms with van der Waals surface area (Å²) in [6, 6.07) is 4.05. The molecule has 0 aliphatic carbocycles. The van der Waals surface area contributed by atoms with E-state index in [9.17, 15) is 18.7 Å². The van der Waals surface area contributed by atoms with Crippen molar-refractivity contribution in [3.8, 4) is 11.5 Å². The second-order valence-electron chi connectivity index (χ2n) is 3.04. The average Bonchev–Trinajstić information content (AvgIpc) is 2.18. The monoisotopic (exact) mass is 232 g/mol. The fourth-order valence-corrected chi connectivity index (χ4v) is 1.20. The smallest absolute Gasteiger partial charge is 0.387 e. The zero-order valence-electron chi connectivity index (χ0n) is 8.19. The molecule has 1 aromatic rings. The van der Waals surface area contributed by atoms with Crippen LogP contribution in [0.5, 0.6) is 11.5 Å². The van der Waals surface area contributed by atoms with Gasteiger partial charge in [-0.1, -0.05) is 12.1 Å². The summed E-state index contributed by atoms with van der Waals surface area (Å²) in [6.07, 6.45) is -0.132. The molecule has 0 aliphatic heterocycles. The molecule has 6 heteroatoms. The number of alkyl halides is 2. The number of aryl methyl sites for hydroxylation is 1. The van der Waals surface area contributed by atoms with Crippen LogP contribution >= 0.6 is 0 Å². The minimum absolute atomic E-state index is 0.0571. The number of aromatic hydroxyl groups is 1. The molecule has 88 valence electrons. The second kappa shape index (κ2) is 5.29. The van der Waals surface area contributed by atoms with Crippen LogP contribution < -0.4 is 4.74 Å². The van der Waals surface area contributed by atoms with E-state index in [-0.39, 0.29) is 24.2 Å². The first kappa shape index (κ1) is 12.2. The van der Waals surface area contributed by atoms with Crippen LogP contribution in [-0.2, 0) is 11.2 Å². The highest BCUT2D eigenvalue weighted by molar-refractivity contribution is 5.67. The molecule has 0 spiro atoms. The number of phenols is 1. The third-order valence-corrected chi connectivity index (χ3v) is 1.91. The van der Waals surface area contributed by atoms with Crippen molar-refractivity contribution in [3.63, 3.8) is 0 Å². The minimum Gasteiger partial charge on any atom is -0.504 e. The molecule has 1 aromatic carbocycles. The molecule has 0 aromatic heterocycles. The number of phenolic OH excluding ortho intramolecular Hbond substituents is 1. The van der Waals surface area contributed by atoms with Gasteiger partial charge in [-0.15, -0.1) is 0 Å². The van der Waals surface area contributed by atoms with Crippen molar-refractivity contribution < 1.29 is 28.5 Å². The molecule has 16 heavy (non-hydrogen) atoms. The number of carboxylic acids is 1. The Morgan fingerprint density at radius 1 is 1.44 bits per heavy atom. The highest BCUT2D eigenvalue weighted by atomic mass is 19.3. The van der Waals surface area contributed by atoms with Crippen LogP contribution in [0.15, 0.2) is 18.2 Å². The van der Waals surface area contributed by atoms with Crippen molar-refractivity contribution in [1.29, 1.82) is 0 Å². The Bertz CT molecular complexity index is 379. The van der Waals surface area contributed by atoms with E-state index >= 15 is 0 Å². The number of ether oxygens (including phenoxy) is 1. The number of hydrogen-bond acceptors (Lipinski definition) is 3. The van der Waals surface area contributed by atoms with Gasteiger partial charge in [0.2, 0.25) is 0 Å². The Balaban J connectivity index is 2.81. The summed E-state index contributed by atoms with van der Waals surface area (Å²) in [5, 5.41) is 17.9.